The molecular formula is C17H19N5O3. The molecule has 0 bridgehead atoms. The van der Waals surface area contributed by atoms with Crippen molar-refractivity contribution in [1.82, 2.24) is 20.1 Å². The molecule has 2 amide bonds. The van der Waals surface area contributed by atoms with Crippen LogP contribution in [0.2, 0.25) is 0 Å². The van der Waals surface area contributed by atoms with Crippen molar-refractivity contribution in [2.24, 2.45) is 0 Å². The normalized spacial score (nSPS) is 13.2. The van der Waals surface area contributed by atoms with Gasteiger partial charge in [-0.3, -0.25) is 10.3 Å². The van der Waals surface area contributed by atoms with E-state index < -0.39 is 11.6 Å². The number of rotatable bonds is 6. The lowest BCUT2D eigenvalue weighted by Gasteiger charge is -2.21. The summed E-state index contributed by atoms with van der Waals surface area (Å²) in [7, 11) is 0. The maximum absolute atomic E-state index is 12.1. The van der Waals surface area contributed by atoms with E-state index in [2.05, 4.69) is 20.7 Å². The van der Waals surface area contributed by atoms with Gasteiger partial charge in [-0.1, -0.05) is 6.07 Å². The van der Waals surface area contributed by atoms with Gasteiger partial charge in [0.25, 0.3) is 0 Å². The van der Waals surface area contributed by atoms with Crippen molar-refractivity contribution in [2.45, 2.75) is 19.1 Å². The first-order valence-electron chi connectivity index (χ1n) is 7.77. The number of pyridine rings is 1. The van der Waals surface area contributed by atoms with Crippen LogP contribution in [0.3, 0.4) is 0 Å². The van der Waals surface area contributed by atoms with Gasteiger partial charge in [0.15, 0.2) is 0 Å². The second kappa shape index (κ2) is 7.18. The Balaban J connectivity index is 1.58. The molecule has 3 N–H and O–H groups in total. The van der Waals surface area contributed by atoms with Crippen LogP contribution in [0.1, 0.15) is 18.4 Å². The Morgan fingerprint density at radius 1 is 1.28 bits per heavy atom. The van der Waals surface area contributed by atoms with Crippen molar-refractivity contribution in [3.05, 3.63) is 66.5 Å². The lowest BCUT2D eigenvalue weighted by molar-refractivity contribution is 0.0372. The number of aliphatic hydroxyl groups is 1. The number of aromatic nitrogens is 3. The molecule has 0 aliphatic carbocycles. The number of nitrogens with one attached hydrogen (secondary N) is 2. The maximum Gasteiger partial charge on any atom is 0.320 e. The van der Waals surface area contributed by atoms with E-state index in [1.807, 2.05) is 18.2 Å². The molecule has 0 radical (unpaired) electrons. The molecule has 1 unspecified atom stereocenters. The van der Waals surface area contributed by atoms with Crippen LogP contribution >= 0.6 is 0 Å². The largest absolute Gasteiger partial charge is 0.466 e. The number of hydrogen-bond acceptors (Lipinski definition) is 5. The van der Waals surface area contributed by atoms with E-state index in [0.717, 1.165) is 5.69 Å². The molecule has 0 aliphatic heterocycles. The van der Waals surface area contributed by atoms with Gasteiger partial charge in [-0.05, 0) is 31.2 Å². The van der Waals surface area contributed by atoms with E-state index in [1.165, 1.54) is 6.26 Å². The third-order valence-electron chi connectivity index (χ3n) is 3.64. The first-order chi connectivity index (χ1) is 12.0. The highest BCUT2D eigenvalue weighted by molar-refractivity contribution is 5.88. The van der Waals surface area contributed by atoms with Crippen LogP contribution in [0.15, 0.2) is 59.5 Å². The highest BCUT2D eigenvalue weighted by Gasteiger charge is 2.26. The molecule has 0 spiro atoms. The SMILES string of the molecule is CC(O)(CNC(=O)Nc1ccnn1Cc1ccccn1)c1ccco1. The molecular weight excluding hydrogens is 322 g/mol. The first-order valence-corrected chi connectivity index (χ1v) is 7.77. The van der Waals surface area contributed by atoms with E-state index in [9.17, 15) is 9.90 Å². The first kappa shape index (κ1) is 16.7. The van der Waals surface area contributed by atoms with E-state index in [1.54, 1.807) is 42.2 Å². The zero-order valence-corrected chi connectivity index (χ0v) is 13.7. The summed E-state index contributed by atoms with van der Waals surface area (Å²) in [5.41, 5.74) is -0.468. The van der Waals surface area contributed by atoms with Gasteiger partial charge in [-0.15, -0.1) is 0 Å². The molecule has 0 fully saturated rings. The summed E-state index contributed by atoms with van der Waals surface area (Å²) in [5, 5.41) is 19.9. The molecule has 3 heterocycles. The average molecular weight is 341 g/mol. The van der Waals surface area contributed by atoms with Crippen molar-refractivity contribution in [1.29, 1.82) is 0 Å². The number of carbonyl (C=O) groups excluding carboxylic acids is 1. The fourth-order valence-corrected chi connectivity index (χ4v) is 2.29. The molecule has 8 nitrogen and oxygen atoms in total. The molecule has 3 rings (SSSR count). The molecule has 130 valence electrons. The van der Waals surface area contributed by atoms with Crippen LogP contribution in [-0.2, 0) is 12.1 Å². The summed E-state index contributed by atoms with van der Waals surface area (Å²) in [6.07, 6.45) is 4.77. The van der Waals surface area contributed by atoms with Gasteiger partial charge in [0, 0.05) is 12.3 Å². The summed E-state index contributed by atoms with van der Waals surface area (Å²) >= 11 is 0. The molecule has 0 saturated heterocycles. The van der Waals surface area contributed by atoms with Crippen LogP contribution in [0.4, 0.5) is 10.6 Å². The summed E-state index contributed by atoms with van der Waals surface area (Å²) in [6, 6.07) is 10.2. The van der Waals surface area contributed by atoms with E-state index in [4.69, 9.17) is 4.42 Å². The highest BCUT2D eigenvalue weighted by Crippen LogP contribution is 2.19. The molecule has 1 atom stereocenters. The molecule has 25 heavy (non-hydrogen) atoms. The number of carbonyl (C=O) groups is 1. The van der Waals surface area contributed by atoms with E-state index in [-0.39, 0.29) is 6.54 Å². The fraction of sp³-hybridized carbons (Fsp3) is 0.235. The molecule has 0 saturated carbocycles. The van der Waals surface area contributed by atoms with Gasteiger partial charge in [0.1, 0.15) is 17.2 Å². The highest BCUT2D eigenvalue weighted by atomic mass is 16.4. The van der Waals surface area contributed by atoms with Crippen LogP contribution in [0.5, 0.6) is 0 Å². The van der Waals surface area contributed by atoms with E-state index in [0.29, 0.717) is 18.1 Å². The van der Waals surface area contributed by atoms with Gasteiger partial charge >= 0.3 is 6.03 Å². The van der Waals surface area contributed by atoms with Gasteiger partial charge in [0.05, 0.1) is 31.2 Å². The number of hydrogen-bond donors (Lipinski definition) is 3. The lowest BCUT2D eigenvalue weighted by atomic mass is 10.0. The predicted octanol–water partition coefficient (Wildman–Crippen LogP) is 1.95. The molecule has 0 aliphatic rings. The van der Waals surface area contributed by atoms with Crippen molar-refractivity contribution in [3.8, 4) is 0 Å². The lowest BCUT2D eigenvalue weighted by Crippen LogP contribution is -2.40. The van der Waals surface area contributed by atoms with Crippen molar-refractivity contribution in [3.63, 3.8) is 0 Å². The number of furan rings is 1. The Morgan fingerprint density at radius 3 is 2.88 bits per heavy atom. The maximum atomic E-state index is 12.1. The number of amides is 2. The number of nitrogens with zero attached hydrogens (tertiary/aromatic N) is 3. The summed E-state index contributed by atoms with van der Waals surface area (Å²) in [5.74, 6) is 0.911. The average Bonchev–Trinajstić information content (AvgIpc) is 3.27. The Kier molecular flexibility index (Phi) is 4.80. The Bertz CT molecular complexity index is 812. The Morgan fingerprint density at radius 2 is 2.16 bits per heavy atom. The topological polar surface area (TPSA) is 105 Å². The summed E-state index contributed by atoms with van der Waals surface area (Å²) in [6.45, 7) is 2.01. The van der Waals surface area contributed by atoms with Gasteiger partial charge in [-0.2, -0.15) is 5.10 Å². The predicted molar refractivity (Wildman–Crippen MR) is 90.9 cm³/mol. The second-order valence-corrected chi connectivity index (χ2v) is 5.75. The van der Waals surface area contributed by atoms with Crippen LogP contribution in [0.25, 0.3) is 0 Å². The monoisotopic (exact) mass is 341 g/mol. The quantitative estimate of drug-likeness (QED) is 0.635. The van der Waals surface area contributed by atoms with Crippen LogP contribution in [0, 0.1) is 0 Å². The molecule has 8 heteroatoms. The van der Waals surface area contributed by atoms with E-state index >= 15 is 0 Å². The molecule has 3 aromatic rings. The Hall–Kier alpha value is -3.13. The third kappa shape index (κ3) is 4.24. The fourth-order valence-electron chi connectivity index (χ4n) is 2.29. The smallest absolute Gasteiger partial charge is 0.320 e. The summed E-state index contributed by atoms with van der Waals surface area (Å²) in [4.78, 5) is 16.3. The zero-order valence-electron chi connectivity index (χ0n) is 13.7. The van der Waals surface area contributed by atoms with Crippen molar-refractivity contribution < 1.29 is 14.3 Å². The zero-order chi connectivity index (χ0) is 17.7. The number of urea groups is 1. The Labute approximate surface area is 144 Å². The molecule has 3 aromatic heterocycles. The minimum absolute atomic E-state index is 0.000719. The van der Waals surface area contributed by atoms with Crippen molar-refractivity contribution >= 4 is 11.8 Å². The van der Waals surface area contributed by atoms with Gasteiger partial charge in [-0.25, -0.2) is 9.48 Å². The van der Waals surface area contributed by atoms with Gasteiger partial charge < -0.3 is 14.8 Å². The minimum atomic E-state index is -1.30. The van der Waals surface area contributed by atoms with Crippen molar-refractivity contribution in [2.75, 3.05) is 11.9 Å². The van der Waals surface area contributed by atoms with Crippen LogP contribution < -0.4 is 10.6 Å². The summed E-state index contributed by atoms with van der Waals surface area (Å²) < 4.78 is 6.81. The second-order valence-electron chi connectivity index (χ2n) is 5.75. The molecule has 0 aromatic carbocycles. The van der Waals surface area contributed by atoms with Gasteiger partial charge in [0.2, 0.25) is 0 Å². The minimum Gasteiger partial charge on any atom is -0.466 e. The van der Waals surface area contributed by atoms with Crippen LogP contribution in [-0.4, -0.2) is 32.4 Å². The number of anilines is 1. The third-order valence-corrected chi connectivity index (χ3v) is 3.64. The standard InChI is InChI=1S/C17H19N5O3/c1-17(24,14-6-4-10-25-14)12-19-16(23)21-15-7-9-20-22(15)11-13-5-2-3-8-18-13/h2-10,24H,11-12H2,1H3,(H2,19,21,23).